The highest BCUT2D eigenvalue weighted by Crippen LogP contribution is 2.14. The molecule has 6 heteroatoms. The zero-order valence-corrected chi connectivity index (χ0v) is 12.4. The number of aliphatic hydroxyl groups excluding tert-OH is 2. The number of fused-ring (bicyclic) bond motifs is 2. The number of rotatable bonds is 2. The molecule has 0 bridgehead atoms. The first-order valence-electron chi connectivity index (χ1n) is 7.51. The minimum atomic E-state index is 0.00167. The van der Waals surface area contributed by atoms with Gasteiger partial charge in [-0.25, -0.2) is 4.52 Å². The van der Waals surface area contributed by atoms with Crippen molar-refractivity contribution in [2.75, 3.05) is 0 Å². The van der Waals surface area contributed by atoms with Crippen molar-refractivity contribution in [3.8, 4) is 0 Å². The van der Waals surface area contributed by atoms with E-state index in [4.69, 9.17) is 10.2 Å². The SMILES string of the molecule is OCc1cc2ccccn2n1.OCc1cc2n(n1)CCCC2. The molecule has 0 aliphatic carbocycles. The lowest BCUT2D eigenvalue weighted by atomic mass is 10.1. The summed E-state index contributed by atoms with van der Waals surface area (Å²) >= 11 is 0. The second-order valence-corrected chi connectivity index (χ2v) is 5.33. The number of hydrogen-bond acceptors (Lipinski definition) is 4. The van der Waals surface area contributed by atoms with E-state index in [9.17, 15) is 0 Å². The molecule has 116 valence electrons. The van der Waals surface area contributed by atoms with Crippen molar-refractivity contribution in [3.05, 3.63) is 53.6 Å². The monoisotopic (exact) mass is 300 g/mol. The third-order valence-electron chi connectivity index (χ3n) is 3.71. The smallest absolute Gasteiger partial charge is 0.0889 e. The number of nitrogens with zero attached hydrogens (tertiary/aromatic N) is 4. The number of aliphatic hydroxyl groups is 2. The average molecular weight is 300 g/mol. The summed E-state index contributed by atoms with van der Waals surface area (Å²) < 4.78 is 3.75. The quantitative estimate of drug-likeness (QED) is 0.753. The van der Waals surface area contributed by atoms with Gasteiger partial charge in [0.25, 0.3) is 0 Å². The fourth-order valence-corrected chi connectivity index (χ4v) is 2.62. The minimum Gasteiger partial charge on any atom is -0.390 e. The molecule has 0 fully saturated rings. The van der Waals surface area contributed by atoms with Crippen LogP contribution in [0.5, 0.6) is 0 Å². The van der Waals surface area contributed by atoms with Gasteiger partial charge in [-0.15, -0.1) is 0 Å². The lowest BCUT2D eigenvalue weighted by molar-refractivity contribution is 0.275. The van der Waals surface area contributed by atoms with Gasteiger partial charge in [0.05, 0.1) is 30.1 Å². The molecule has 0 saturated carbocycles. The van der Waals surface area contributed by atoms with Gasteiger partial charge in [0.2, 0.25) is 0 Å². The van der Waals surface area contributed by atoms with Crippen LogP contribution in [-0.4, -0.2) is 29.6 Å². The Morgan fingerprint density at radius 1 is 1.00 bits per heavy atom. The maximum atomic E-state index is 8.81. The molecule has 0 unspecified atom stereocenters. The molecule has 4 rings (SSSR count). The molecule has 2 N–H and O–H groups in total. The first-order valence-corrected chi connectivity index (χ1v) is 7.51. The summed E-state index contributed by atoms with van der Waals surface area (Å²) in [5.74, 6) is 0. The van der Waals surface area contributed by atoms with Gasteiger partial charge in [-0.1, -0.05) is 6.07 Å². The van der Waals surface area contributed by atoms with E-state index < -0.39 is 0 Å². The van der Waals surface area contributed by atoms with Gasteiger partial charge >= 0.3 is 0 Å². The molecule has 1 aliphatic rings. The molecule has 0 atom stereocenters. The Kier molecular flexibility index (Phi) is 4.50. The van der Waals surface area contributed by atoms with Gasteiger partial charge in [0.15, 0.2) is 0 Å². The van der Waals surface area contributed by atoms with Crippen LogP contribution in [-0.2, 0) is 26.2 Å². The molecular formula is C16H20N4O2. The van der Waals surface area contributed by atoms with Crippen LogP contribution in [0.25, 0.3) is 5.52 Å². The molecule has 22 heavy (non-hydrogen) atoms. The molecule has 3 aromatic rings. The van der Waals surface area contributed by atoms with Gasteiger partial charge in [-0.3, -0.25) is 4.68 Å². The number of aromatic nitrogens is 4. The number of hydrogen-bond donors (Lipinski definition) is 2. The molecule has 0 amide bonds. The Bertz CT molecular complexity index is 691. The van der Waals surface area contributed by atoms with E-state index in [1.54, 1.807) is 4.52 Å². The normalized spacial score (nSPS) is 13.5. The lowest BCUT2D eigenvalue weighted by Gasteiger charge is -2.11. The van der Waals surface area contributed by atoms with Gasteiger partial charge in [0, 0.05) is 18.4 Å². The number of pyridine rings is 1. The topological polar surface area (TPSA) is 75.6 Å². The van der Waals surface area contributed by atoms with E-state index in [1.807, 2.05) is 41.2 Å². The summed E-state index contributed by atoms with van der Waals surface area (Å²) in [4.78, 5) is 0. The third kappa shape index (κ3) is 3.18. The second kappa shape index (κ2) is 6.72. The van der Waals surface area contributed by atoms with Crippen LogP contribution in [0, 0.1) is 0 Å². The van der Waals surface area contributed by atoms with Gasteiger partial charge in [-0.05, 0) is 43.5 Å². The fraction of sp³-hybridized carbons (Fsp3) is 0.375. The average Bonchev–Trinajstić information content (AvgIpc) is 3.18. The Labute approximate surface area is 128 Å². The molecule has 0 saturated heterocycles. The maximum Gasteiger partial charge on any atom is 0.0889 e. The van der Waals surface area contributed by atoms with E-state index >= 15 is 0 Å². The first-order chi connectivity index (χ1) is 10.8. The summed E-state index contributed by atoms with van der Waals surface area (Å²) in [6, 6.07) is 9.66. The Balaban J connectivity index is 0.000000131. The molecule has 0 spiro atoms. The van der Waals surface area contributed by atoms with Gasteiger partial charge < -0.3 is 10.2 Å². The molecule has 3 aromatic heterocycles. The van der Waals surface area contributed by atoms with Crippen molar-refractivity contribution < 1.29 is 10.2 Å². The zero-order valence-electron chi connectivity index (χ0n) is 12.4. The van der Waals surface area contributed by atoms with Crippen molar-refractivity contribution in [1.29, 1.82) is 0 Å². The molecule has 4 heterocycles. The highest BCUT2D eigenvalue weighted by atomic mass is 16.3. The van der Waals surface area contributed by atoms with E-state index in [2.05, 4.69) is 10.2 Å². The molecular weight excluding hydrogens is 280 g/mol. The summed E-state index contributed by atoms with van der Waals surface area (Å²) in [7, 11) is 0. The third-order valence-corrected chi connectivity index (χ3v) is 3.71. The molecule has 0 aromatic carbocycles. The minimum absolute atomic E-state index is 0.00167. The fourth-order valence-electron chi connectivity index (χ4n) is 2.62. The van der Waals surface area contributed by atoms with Crippen LogP contribution in [0.4, 0.5) is 0 Å². The molecule has 6 nitrogen and oxygen atoms in total. The summed E-state index contributed by atoms with van der Waals surface area (Å²) in [6.07, 6.45) is 5.46. The van der Waals surface area contributed by atoms with Gasteiger partial charge in [-0.2, -0.15) is 10.2 Å². The number of aryl methyl sites for hydroxylation is 2. The highest BCUT2D eigenvalue weighted by molar-refractivity contribution is 5.46. The Morgan fingerprint density at radius 2 is 1.82 bits per heavy atom. The van der Waals surface area contributed by atoms with E-state index in [-0.39, 0.29) is 13.2 Å². The lowest BCUT2D eigenvalue weighted by Crippen LogP contribution is -2.10. The molecule has 0 radical (unpaired) electrons. The van der Waals surface area contributed by atoms with Crippen LogP contribution in [0.15, 0.2) is 36.5 Å². The van der Waals surface area contributed by atoms with Crippen LogP contribution in [0.1, 0.15) is 29.9 Å². The Morgan fingerprint density at radius 3 is 2.55 bits per heavy atom. The maximum absolute atomic E-state index is 8.81. The van der Waals surface area contributed by atoms with Crippen LogP contribution in [0.2, 0.25) is 0 Å². The van der Waals surface area contributed by atoms with Crippen molar-refractivity contribution in [3.63, 3.8) is 0 Å². The van der Waals surface area contributed by atoms with Gasteiger partial charge in [0.1, 0.15) is 0 Å². The van der Waals surface area contributed by atoms with Crippen molar-refractivity contribution in [2.24, 2.45) is 0 Å². The van der Waals surface area contributed by atoms with Crippen LogP contribution >= 0.6 is 0 Å². The summed E-state index contributed by atoms with van der Waals surface area (Å²) in [5, 5.41) is 25.9. The van der Waals surface area contributed by atoms with Crippen molar-refractivity contribution in [2.45, 2.75) is 39.0 Å². The predicted molar refractivity (Wildman–Crippen MR) is 82.2 cm³/mol. The van der Waals surface area contributed by atoms with Crippen LogP contribution in [0.3, 0.4) is 0 Å². The largest absolute Gasteiger partial charge is 0.390 e. The van der Waals surface area contributed by atoms with Crippen molar-refractivity contribution in [1.82, 2.24) is 19.4 Å². The van der Waals surface area contributed by atoms with E-state index in [0.717, 1.165) is 24.2 Å². The second-order valence-electron chi connectivity index (χ2n) is 5.33. The summed E-state index contributed by atoms with van der Waals surface area (Å²) in [5.41, 5.74) is 3.80. The van der Waals surface area contributed by atoms with Crippen molar-refractivity contribution >= 4 is 5.52 Å². The zero-order chi connectivity index (χ0) is 15.4. The predicted octanol–water partition coefficient (Wildman–Crippen LogP) is 1.54. The van der Waals surface area contributed by atoms with Crippen LogP contribution < -0.4 is 0 Å². The highest BCUT2D eigenvalue weighted by Gasteiger charge is 2.10. The standard InChI is InChI=1S/C8H12N2O.C8H8N2O/c2*11-6-7-5-8-3-1-2-4-10(8)9-7/h5,11H,1-4,6H2;1-5,11H,6H2. The van der Waals surface area contributed by atoms with E-state index in [0.29, 0.717) is 5.69 Å². The summed E-state index contributed by atoms with van der Waals surface area (Å²) in [6.45, 7) is 1.09. The first kappa shape index (κ1) is 14.7. The van der Waals surface area contributed by atoms with E-state index in [1.165, 1.54) is 18.5 Å². The molecule has 1 aliphatic heterocycles. The Hall–Kier alpha value is -2.18.